The third-order valence-corrected chi connectivity index (χ3v) is 4.00. The number of carbonyl (C=O) groups is 1. The molecule has 0 aliphatic carbocycles. The molecule has 0 amide bonds. The Morgan fingerprint density at radius 2 is 1.81 bits per heavy atom. The van der Waals surface area contributed by atoms with Crippen molar-refractivity contribution in [1.82, 2.24) is 4.57 Å². The second kappa shape index (κ2) is 4.93. The second-order valence-corrected chi connectivity index (χ2v) is 5.50. The highest BCUT2D eigenvalue weighted by atomic mass is 35.5. The molecule has 1 aromatic heterocycles. The number of benzene rings is 2. The summed E-state index contributed by atoms with van der Waals surface area (Å²) in [6.45, 7) is 1.99. The van der Waals surface area contributed by atoms with Crippen LogP contribution in [0.15, 0.2) is 42.5 Å². The van der Waals surface area contributed by atoms with Crippen molar-refractivity contribution in [3.05, 3.63) is 58.7 Å². The van der Waals surface area contributed by atoms with E-state index >= 15 is 0 Å². The monoisotopic (exact) mass is 299 g/mol. The van der Waals surface area contributed by atoms with Crippen molar-refractivity contribution in [2.75, 3.05) is 0 Å². The largest absolute Gasteiger partial charge is 0.477 e. The predicted octanol–water partition coefficient (Wildman–Crippen LogP) is 4.51. The normalized spacial score (nSPS) is 11.0. The first-order valence-corrected chi connectivity index (χ1v) is 6.95. The van der Waals surface area contributed by atoms with Crippen LogP contribution in [0.4, 0.5) is 0 Å². The molecule has 3 nitrogen and oxygen atoms in total. The molecular weight excluding hydrogens is 286 g/mol. The van der Waals surface area contributed by atoms with Gasteiger partial charge < -0.3 is 9.67 Å². The Morgan fingerprint density at radius 1 is 1.14 bits per heavy atom. The molecule has 3 aromatic rings. The van der Waals surface area contributed by atoms with Crippen LogP contribution < -0.4 is 0 Å². The zero-order valence-corrected chi connectivity index (χ0v) is 12.5. The third kappa shape index (κ3) is 2.10. The van der Waals surface area contributed by atoms with Crippen molar-refractivity contribution in [2.45, 2.75) is 6.92 Å². The summed E-state index contributed by atoms with van der Waals surface area (Å²) in [4.78, 5) is 11.7. The summed E-state index contributed by atoms with van der Waals surface area (Å²) in [7, 11) is 1.79. The van der Waals surface area contributed by atoms with E-state index in [-0.39, 0.29) is 0 Å². The van der Waals surface area contributed by atoms with E-state index in [1.54, 1.807) is 23.7 Å². The van der Waals surface area contributed by atoms with Gasteiger partial charge in [-0.2, -0.15) is 0 Å². The highest BCUT2D eigenvalue weighted by Gasteiger charge is 2.22. The molecule has 3 rings (SSSR count). The molecule has 0 bridgehead atoms. The van der Waals surface area contributed by atoms with Crippen LogP contribution in [0.25, 0.3) is 22.0 Å². The molecule has 21 heavy (non-hydrogen) atoms. The van der Waals surface area contributed by atoms with Crippen molar-refractivity contribution in [1.29, 1.82) is 0 Å². The molecule has 0 aliphatic heterocycles. The molecule has 0 saturated heterocycles. The minimum absolute atomic E-state index is 0.293. The maximum Gasteiger partial charge on any atom is 0.353 e. The van der Waals surface area contributed by atoms with Gasteiger partial charge in [-0.15, -0.1) is 0 Å². The molecule has 0 unspecified atom stereocenters. The summed E-state index contributed by atoms with van der Waals surface area (Å²) in [5.41, 5.74) is 3.88. The topological polar surface area (TPSA) is 42.2 Å². The number of aromatic nitrogens is 1. The first-order valence-electron chi connectivity index (χ1n) is 6.58. The van der Waals surface area contributed by atoms with Gasteiger partial charge in [0.2, 0.25) is 0 Å². The fraction of sp³-hybridized carbons (Fsp3) is 0.118. The summed E-state index contributed by atoms with van der Waals surface area (Å²) in [6, 6.07) is 13.1. The highest BCUT2D eigenvalue weighted by molar-refractivity contribution is 6.30. The second-order valence-electron chi connectivity index (χ2n) is 5.07. The Labute approximate surface area is 127 Å². The number of nitrogens with zero attached hydrogens (tertiary/aromatic N) is 1. The quantitative estimate of drug-likeness (QED) is 0.756. The summed E-state index contributed by atoms with van der Waals surface area (Å²) >= 11 is 5.93. The van der Waals surface area contributed by atoms with E-state index in [1.165, 1.54) is 0 Å². The van der Waals surface area contributed by atoms with Crippen molar-refractivity contribution in [3.8, 4) is 11.1 Å². The van der Waals surface area contributed by atoms with Gasteiger partial charge in [0, 0.05) is 23.0 Å². The average Bonchev–Trinajstić information content (AvgIpc) is 2.74. The fourth-order valence-corrected chi connectivity index (χ4v) is 3.00. The van der Waals surface area contributed by atoms with Crippen LogP contribution in [0.5, 0.6) is 0 Å². The molecule has 0 spiro atoms. The number of carboxylic acids is 1. The molecule has 2 aromatic carbocycles. The zero-order chi connectivity index (χ0) is 15.1. The fourth-order valence-electron chi connectivity index (χ4n) is 2.87. The lowest BCUT2D eigenvalue weighted by atomic mass is 10.0. The number of halogens is 1. The molecule has 4 heteroatoms. The van der Waals surface area contributed by atoms with E-state index in [4.69, 9.17) is 11.6 Å². The lowest BCUT2D eigenvalue weighted by molar-refractivity contribution is 0.0688. The number of para-hydroxylation sites is 1. The van der Waals surface area contributed by atoms with Gasteiger partial charge in [-0.1, -0.05) is 41.9 Å². The number of fused-ring (bicyclic) bond motifs is 1. The lowest BCUT2D eigenvalue weighted by Crippen LogP contribution is -2.06. The summed E-state index contributed by atoms with van der Waals surface area (Å²) in [6.07, 6.45) is 0. The molecule has 0 fully saturated rings. The number of aromatic carboxylic acids is 1. The van der Waals surface area contributed by atoms with Crippen molar-refractivity contribution < 1.29 is 9.90 Å². The van der Waals surface area contributed by atoms with Gasteiger partial charge in [0.1, 0.15) is 5.69 Å². The molecule has 106 valence electrons. The first kappa shape index (κ1) is 13.7. The van der Waals surface area contributed by atoms with Crippen LogP contribution in [0.1, 0.15) is 16.1 Å². The highest BCUT2D eigenvalue weighted by Crippen LogP contribution is 2.36. The Kier molecular flexibility index (Phi) is 3.22. The van der Waals surface area contributed by atoms with Crippen LogP contribution in [-0.4, -0.2) is 15.6 Å². The summed E-state index contributed by atoms with van der Waals surface area (Å²) < 4.78 is 1.75. The van der Waals surface area contributed by atoms with Gasteiger partial charge >= 0.3 is 5.97 Å². The van der Waals surface area contributed by atoms with E-state index in [0.29, 0.717) is 10.7 Å². The lowest BCUT2D eigenvalue weighted by Gasteiger charge is -2.04. The number of rotatable bonds is 2. The molecule has 0 aliphatic rings. The van der Waals surface area contributed by atoms with Gasteiger partial charge in [0.05, 0.1) is 5.52 Å². The Balaban J connectivity index is 2.45. The van der Waals surface area contributed by atoms with E-state index in [9.17, 15) is 9.90 Å². The van der Waals surface area contributed by atoms with Crippen molar-refractivity contribution in [3.63, 3.8) is 0 Å². The first-order chi connectivity index (χ1) is 10.0. The molecule has 0 saturated carbocycles. The smallest absolute Gasteiger partial charge is 0.353 e. The van der Waals surface area contributed by atoms with Gasteiger partial charge in [0.15, 0.2) is 0 Å². The zero-order valence-electron chi connectivity index (χ0n) is 11.7. The van der Waals surface area contributed by atoms with E-state index < -0.39 is 5.97 Å². The Morgan fingerprint density at radius 3 is 2.43 bits per heavy atom. The number of hydrogen-bond acceptors (Lipinski definition) is 1. The molecule has 1 N–H and O–H groups in total. The van der Waals surface area contributed by atoms with Crippen LogP contribution in [0, 0.1) is 6.92 Å². The minimum Gasteiger partial charge on any atom is -0.477 e. The van der Waals surface area contributed by atoms with Gasteiger partial charge in [-0.25, -0.2) is 4.79 Å². The van der Waals surface area contributed by atoms with Gasteiger partial charge in [-0.05, 0) is 30.2 Å². The Hall–Kier alpha value is -2.26. The standard InChI is InChI=1S/C17H14ClNO2/c1-10-4-3-5-13-14(11-6-8-12(18)9-7-11)16(17(20)21)19(2)15(10)13/h3-9H,1-2H3,(H,20,21). The van der Waals surface area contributed by atoms with Crippen molar-refractivity contribution in [2.24, 2.45) is 7.05 Å². The minimum atomic E-state index is -0.932. The number of hydrogen-bond donors (Lipinski definition) is 1. The summed E-state index contributed by atoms with van der Waals surface area (Å²) in [5.74, 6) is -0.932. The molecule has 0 atom stereocenters. The maximum atomic E-state index is 11.7. The number of aryl methyl sites for hydroxylation is 2. The molecular formula is C17H14ClNO2. The van der Waals surface area contributed by atoms with E-state index in [1.807, 2.05) is 37.3 Å². The third-order valence-electron chi connectivity index (χ3n) is 3.75. The van der Waals surface area contributed by atoms with Gasteiger partial charge in [0.25, 0.3) is 0 Å². The average molecular weight is 300 g/mol. The SMILES string of the molecule is Cc1cccc2c(-c3ccc(Cl)cc3)c(C(=O)O)n(C)c12. The van der Waals surface area contributed by atoms with Crippen LogP contribution >= 0.6 is 11.6 Å². The summed E-state index contributed by atoms with van der Waals surface area (Å²) in [5, 5.41) is 11.2. The van der Waals surface area contributed by atoms with E-state index in [0.717, 1.165) is 27.6 Å². The van der Waals surface area contributed by atoms with Crippen LogP contribution in [-0.2, 0) is 7.05 Å². The van der Waals surface area contributed by atoms with Gasteiger partial charge in [-0.3, -0.25) is 0 Å². The van der Waals surface area contributed by atoms with Crippen molar-refractivity contribution >= 4 is 28.5 Å². The number of carboxylic acid groups (broad SMARTS) is 1. The van der Waals surface area contributed by atoms with Crippen LogP contribution in [0.3, 0.4) is 0 Å². The molecule has 0 radical (unpaired) electrons. The Bertz CT molecular complexity index is 847. The predicted molar refractivity (Wildman–Crippen MR) is 85.1 cm³/mol. The van der Waals surface area contributed by atoms with E-state index in [2.05, 4.69) is 0 Å². The maximum absolute atomic E-state index is 11.7. The molecule has 1 heterocycles. The van der Waals surface area contributed by atoms with Crippen LogP contribution in [0.2, 0.25) is 5.02 Å².